The summed E-state index contributed by atoms with van der Waals surface area (Å²) in [6.45, 7) is 1.98. The van der Waals surface area contributed by atoms with Gasteiger partial charge in [0.1, 0.15) is 12.4 Å². The second kappa shape index (κ2) is 7.61. The largest absolute Gasteiger partial charge is 0.492 e. The number of likely N-dealkylation sites (tertiary alicyclic amines) is 1. The molecule has 0 spiro atoms. The van der Waals surface area contributed by atoms with Crippen molar-refractivity contribution < 1.29 is 14.3 Å². The molecule has 0 atom stereocenters. The maximum absolute atomic E-state index is 11.7. The Labute approximate surface area is 157 Å². The Morgan fingerprint density at radius 2 is 1.85 bits per heavy atom. The summed E-state index contributed by atoms with van der Waals surface area (Å²) < 4.78 is 10.9. The predicted octanol–water partition coefficient (Wildman–Crippen LogP) is 3.31. The first-order valence-corrected chi connectivity index (χ1v) is 9.04. The van der Waals surface area contributed by atoms with Gasteiger partial charge in [-0.05, 0) is 41.0 Å². The van der Waals surface area contributed by atoms with Crippen LogP contribution in [0.25, 0.3) is 21.9 Å². The number of benzene rings is 2. The molecule has 1 saturated heterocycles. The Hall–Kier alpha value is -3.15. The smallest absolute Gasteiger partial charge is 0.316 e. The van der Waals surface area contributed by atoms with E-state index in [1.807, 2.05) is 29.2 Å². The van der Waals surface area contributed by atoms with Crippen LogP contribution in [0.15, 0.2) is 48.8 Å². The van der Waals surface area contributed by atoms with Gasteiger partial charge >= 0.3 is 6.01 Å². The van der Waals surface area contributed by atoms with Gasteiger partial charge in [-0.25, -0.2) is 9.97 Å². The second-order valence-electron chi connectivity index (χ2n) is 6.51. The van der Waals surface area contributed by atoms with E-state index in [1.54, 1.807) is 19.5 Å². The summed E-state index contributed by atoms with van der Waals surface area (Å²) in [6.07, 6.45) is 5.11. The van der Waals surface area contributed by atoms with Gasteiger partial charge < -0.3 is 14.4 Å². The second-order valence-corrected chi connectivity index (χ2v) is 6.51. The lowest BCUT2D eigenvalue weighted by Crippen LogP contribution is -2.29. The third-order valence-electron chi connectivity index (χ3n) is 4.76. The van der Waals surface area contributed by atoms with Crippen molar-refractivity contribution in [1.82, 2.24) is 14.9 Å². The number of rotatable bonds is 6. The van der Waals surface area contributed by atoms with Gasteiger partial charge in [0.25, 0.3) is 0 Å². The Bertz CT molecular complexity index is 957. The van der Waals surface area contributed by atoms with E-state index in [0.717, 1.165) is 40.6 Å². The summed E-state index contributed by atoms with van der Waals surface area (Å²) in [4.78, 5) is 21.9. The van der Waals surface area contributed by atoms with Crippen molar-refractivity contribution in [3.8, 4) is 22.9 Å². The van der Waals surface area contributed by atoms with Gasteiger partial charge in [0, 0.05) is 30.9 Å². The summed E-state index contributed by atoms with van der Waals surface area (Å²) in [5.41, 5.74) is 1.96. The molecule has 3 aromatic rings. The van der Waals surface area contributed by atoms with Gasteiger partial charge in [0.05, 0.1) is 13.7 Å². The van der Waals surface area contributed by atoms with Gasteiger partial charge in [-0.3, -0.25) is 4.79 Å². The predicted molar refractivity (Wildman–Crippen MR) is 103 cm³/mol. The molecule has 138 valence electrons. The molecule has 0 unspecified atom stereocenters. The maximum atomic E-state index is 11.7. The number of hydrogen-bond acceptors (Lipinski definition) is 5. The van der Waals surface area contributed by atoms with Crippen molar-refractivity contribution in [2.24, 2.45) is 0 Å². The first-order chi connectivity index (χ1) is 13.2. The number of aromatic nitrogens is 2. The molecule has 2 aromatic carbocycles. The van der Waals surface area contributed by atoms with Gasteiger partial charge in [-0.1, -0.05) is 18.2 Å². The highest BCUT2D eigenvalue weighted by Crippen LogP contribution is 2.27. The van der Waals surface area contributed by atoms with Crippen LogP contribution in [0, 0.1) is 0 Å². The van der Waals surface area contributed by atoms with Crippen LogP contribution in [-0.4, -0.2) is 47.6 Å². The van der Waals surface area contributed by atoms with E-state index in [-0.39, 0.29) is 5.91 Å². The average molecular weight is 363 g/mol. The van der Waals surface area contributed by atoms with E-state index < -0.39 is 0 Å². The monoisotopic (exact) mass is 363 g/mol. The molecule has 0 bridgehead atoms. The summed E-state index contributed by atoms with van der Waals surface area (Å²) in [6, 6.07) is 12.6. The topological polar surface area (TPSA) is 64.6 Å². The SMILES string of the molecule is COc1ncc(-c2ccc3ccc(OCCN4CCCC4=O)cc3c2)cn1. The van der Waals surface area contributed by atoms with Crippen LogP contribution in [0.5, 0.6) is 11.8 Å². The molecule has 0 aliphatic carbocycles. The molecule has 6 nitrogen and oxygen atoms in total. The van der Waals surface area contributed by atoms with Crippen LogP contribution in [0.3, 0.4) is 0 Å². The fourth-order valence-corrected chi connectivity index (χ4v) is 3.28. The van der Waals surface area contributed by atoms with E-state index in [4.69, 9.17) is 9.47 Å². The zero-order chi connectivity index (χ0) is 18.6. The number of carbonyl (C=O) groups excluding carboxylic acids is 1. The Kier molecular flexibility index (Phi) is 4.87. The molecule has 4 rings (SSSR count). The minimum absolute atomic E-state index is 0.225. The molecule has 1 aromatic heterocycles. The van der Waals surface area contributed by atoms with E-state index in [1.165, 1.54) is 0 Å². The van der Waals surface area contributed by atoms with Crippen molar-refractivity contribution in [2.75, 3.05) is 26.8 Å². The molecule has 1 amide bonds. The fourth-order valence-electron chi connectivity index (χ4n) is 3.28. The standard InChI is InChI=1S/C21H21N3O3/c1-26-21-22-13-18(14-23-21)16-5-4-15-6-7-19(12-17(15)11-16)27-10-9-24-8-2-3-20(24)25/h4-7,11-14H,2-3,8-10H2,1H3. The molecule has 1 fully saturated rings. The van der Waals surface area contributed by atoms with Crippen LogP contribution in [-0.2, 0) is 4.79 Å². The Morgan fingerprint density at radius 3 is 2.59 bits per heavy atom. The third-order valence-corrected chi connectivity index (χ3v) is 4.76. The highest BCUT2D eigenvalue weighted by atomic mass is 16.5. The highest BCUT2D eigenvalue weighted by Gasteiger charge is 2.19. The van der Waals surface area contributed by atoms with Crippen molar-refractivity contribution >= 4 is 16.7 Å². The van der Waals surface area contributed by atoms with Crippen LogP contribution >= 0.6 is 0 Å². The molecule has 0 N–H and O–H groups in total. The van der Waals surface area contributed by atoms with E-state index in [9.17, 15) is 4.79 Å². The lowest BCUT2D eigenvalue weighted by molar-refractivity contribution is -0.128. The summed E-state index contributed by atoms with van der Waals surface area (Å²) >= 11 is 0. The van der Waals surface area contributed by atoms with Gasteiger partial charge in [-0.15, -0.1) is 0 Å². The molecule has 27 heavy (non-hydrogen) atoms. The number of amides is 1. The van der Waals surface area contributed by atoms with E-state index in [0.29, 0.717) is 25.6 Å². The van der Waals surface area contributed by atoms with Crippen LogP contribution in [0.2, 0.25) is 0 Å². The summed E-state index contributed by atoms with van der Waals surface area (Å²) in [5, 5.41) is 2.22. The Balaban J connectivity index is 1.49. The van der Waals surface area contributed by atoms with Crippen LogP contribution in [0.1, 0.15) is 12.8 Å². The van der Waals surface area contributed by atoms with Gasteiger partial charge in [-0.2, -0.15) is 0 Å². The number of hydrogen-bond donors (Lipinski definition) is 0. The van der Waals surface area contributed by atoms with Crippen LogP contribution < -0.4 is 9.47 Å². The molecule has 1 aliphatic heterocycles. The van der Waals surface area contributed by atoms with Gasteiger partial charge in [0.15, 0.2) is 0 Å². The number of methoxy groups -OCH3 is 1. The van der Waals surface area contributed by atoms with Crippen molar-refractivity contribution in [2.45, 2.75) is 12.8 Å². The van der Waals surface area contributed by atoms with Crippen molar-refractivity contribution in [3.05, 3.63) is 48.8 Å². The van der Waals surface area contributed by atoms with Gasteiger partial charge in [0.2, 0.25) is 5.91 Å². The molecule has 1 aliphatic rings. The lowest BCUT2D eigenvalue weighted by atomic mass is 10.0. The molecule has 0 saturated carbocycles. The number of fused-ring (bicyclic) bond motifs is 1. The zero-order valence-corrected chi connectivity index (χ0v) is 15.2. The summed E-state index contributed by atoms with van der Waals surface area (Å²) in [7, 11) is 1.55. The zero-order valence-electron chi connectivity index (χ0n) is 15.2. The quantitative estimate of drug-likeness (QED) is 0.672. The van der Waals surface area contributed by atoms with E-state index in [2.05, 4.69) is 22.1 Å². The molecule has 6 heteroatoms. The minimum atomic E-state index is 0.225. The highest BCUT2D eigenvalue weighted by molar-refractivity contribution is 5.88. The summed E-state index contributed by atoms with van der Waals surface area (Å²) in [5.74, 6) is 1.03. The lowest BCUT2D eigenvalue weighted by Gasteiger charge is -2.16. The molecular formula is C21H21N3O3. The average Bonchev–Trinajstić information content (AvgIpc) is 3.12. The van der Waals surface area contributed by atoms with Crippen molar-refractivity contribution in [1.29, 1.82) is 0 Å². The molecule has 0 radical (unpaired) electrons. The van der Waals surface area contributed by atoms with E-state index >= 15 is 0 Å². The number of carbonyl (C=O) groups is 1. The normalized spacial score (nSPS) is 14.0. The maximum Gasteiger partial charge on any atom is 0.316 e. The number of nitrogens with zero attached hydrogens (tertiary/aromatic N) is 3. The first-order valence-electron chi connectivity index (χ1n) is 9.04. The fraction of sp³-hybridized carbons (Fsp3) is 0.286. The Morgan fingerprint density at radius 1 is 1.04 bits per heavy atom. The number of ether oxygens (including phenoxy) is 2. The first kappa shape index (κ1) is 17.3. The molecule has 2 heterocycles. The molecular weight excluding hydrogens is 342 g/mol. The third kappa shape index (κ3) is 3.84. The van der Waals surface area contributed by atoms with Crippen LogP contribution in [0.4, 0.5) is 0 Å². The minimum Gasteiger partial charge on any atom is -0.492 e. The van der Waals surface area contributed by atoms with Crippen molar-refractivity contribution in [3.63, 3.8) is 0 Å².